The molecule has 2 aromatic carbocycles. The Balaban J connectivity index is 2.33. The molecule has 174 valence electrons. The average Bonchev–Trinajstić information content (AvgIpc) is 2.76. The van der Waals surface area contributed by atoms with Gasteiger partial charge in [0.25, 0.3) is 0 Å². The van der Waals surface area contributed by atoms with Crippen molar-refractivity contribution >= 4 is 27.5 Å². The molecule has 0 fully saturated rings. The Morgan fingerprint density at radius 1 is 1.03 bits per heavy atom. The van der Waals surface area contributed by atoms with E-state index < -0.39 is 28.5 Å². The number of amides is 2. The molecule has 2 amide bonds. The Morgan fingerprint density at radius 3 is 2.19 bits per heavy atom. The van der Waals surface area contributed by atoms with Crippen molar-refractivity contribution in [2.75, 3.05) is 30.3 Å². The van der Waals surface area contributed by atoms with E-state index in [2.05, 4.69) is 5.32 Å². The van der Waals surface area contributed by atoms with Gasteiger partial charge in [-0.3, -0.25) is 13.9 Å². The number of carbonyl (C=O) groups is 2. The maximum Gasteiger partial charge on any atom is 0.244 e. The Morgan fingerprint density at radius 2 is 1.66 bits per heavy atom. The van der Waals surface area contributed by atoms with Gasteiger partial charge < -0.3 is 15.0 Å². The molecule has 0 radical (unpaired) electrons. The van der Waals surface area contributed by atoms with Gasteiger partial charge in [-0.15, -0.1) is 0 Å². The molecule has 0 aliphatic carbocycles. The second-order valence-electron chi connectivity index (χ2n) is 7.27. The maximum absolute atomic E-state index is 13.3. The highest BCUT2D eigenvalue weighted by Crippen LogP contribution is 2.22. The van der Waals surface area contributed by atoms with E-state index in [0.717, 1.165) is 16.1 Å². The van der Waals surface area contributed by atoms with Gasteiger partial charge in [0, 0.05) is 13.1 Å². The second-order valence-corrected chi connectivity index (χ2v) is 9.18. The summed E-state index contributed by atoms with van der Waals surface area (Å²) in [7, 11) is -3.76. The molecule has 8 nitrogen and oxygen atoms in total. The summed E-state index contributed by atoms with van der Waals surface area (Å²) in [6, 6.07) is 15.0. The van der Waals surface area contributed by atoms with E-state index in [1.165, 1.54) is 4.90 Å². The van der Waals surface area contributed by atoms with E-state index in [4.69, 9.17) is 4.74 Å². The summed E-state index contributed by atoms with van der Waals surface area (Å²) in [5, 5.41) is 2.72. The van der Waals surface area contributed by atoms with Crippen LogP contribution in [0.25, 0.3) is 0 Å². The number of rotatable bonds is 11. The number of anilines is 1. The van der Waals surface area contributed by atoms with Gasteiger partial charge >= 0.3 is 0 Å². The predicted octanol–water partition coefficient (Wildman–Crippen LogP) is 2.40. The van der Waals surface area contributed by atoms with Crippen LogP contribution in [-0.2, 0) is 26.2 Å². The Kier molecular flexibility index (Phi) is 9.07. The molecular formula is C23H31N3O5S. The molecular weight excluding hydrogens is 430 g/mol. The summed E-state index contributed by atoms with van der Waals surface area (Å²) in [6.45, 7) is 5.95. The van der Waals surface area contributed by atoms with Crippen molar-refractivity contribution in [3.05, 3.63) is 60.2 Å². The molecule has 0 heterocycles. The third kappa shape index (κ3) is 6.98. The van der Waals surface area contributed by atoms with E-state index in [1.807, 2.05) is 37.3 Å². The number of hydrogen-bond acceptors (Lipinski definition) is 5. The summed E-state index contributed by atoms with van der Waals surface area (Å²) in [4.78, 5) is 27.2. The molecule has 1 atom stereocenters. The van der Waals surface area contributed by atoms with Crippen molar-refractivity contribution in [3.63, 3.8) is 0 Å². The van der Waals surface area contributed by atoms with Crippen LogP contribution in [0.5, 0.6) is 5.75 Å². The molecule has 0 aromatic heterocycles. The highest BCUT2D eigenvalue weighted by molar-refractivity contribution is 7.92. The number of ether oxygens (including phenoxy) is 1. The van der Waals surface area contributed by atoms with Crippen molar-refractivity contribution in [1.29, 1.82) is 0 Å². The minimum atomic E-state index is -3.76. The molecule has 2 aromatic rings. The van der Waals surface area contributed by atoms with E-state index in [0.29, 0.717) is 24.6 Å². The summed E-state index contributed by atoms with van der Waals surface area (Å²) in [6.07, 6.45) is 1.05. The van der Waals surface area contributed by atoms with Gasteiger partial charge in [-0.05, 0) is 50.6 Å². The third-order valence-corrected chi connectivity index (χ3v) is 5.97. The SMILES string of the molecule is CCNC(=O)[C@H](C)N(Cc1ccccc1)C(=O)CN(c1ccc(OCC)cc1)S(C)(=O)=O. The lowest BCUT2D eigenvalue weighted by Gasteiger charge is -2.31. The summed E-state index contributed by atoms with van der Waals surface area (Å²) >= 11 is 0. The fraction of sp³-hybridized carbons (Fsp3) is 0.391. The molecule has 32 heavy (non-hydrogen) atoms. The van der Waals surface area contributed by atoms with Crippen molar-refractivity contribution in [2.45, 2.75) is 33.4 Å². The first-order valence-corrected chi connectivity index (χ1v) is 12.3. The minimum absolute atomic E-state index is 0.179. The number of nitrogens with one attached hydrogen (secondary N) is 1. The molecule has 0 saturated heterocycles. The lowest BCUT2D eigenvalue weighted by Crippen LogP contribution is -2.51. The van der Waals surface area contributed by atoms with Gasteiger partial charge in [-0.2, -0.15) is 0 Å². The van der Waals surface area contributed by atoms with Crippen LogP contribution in [0.15, 0.2) is 54.6 Å². The van der Waals surface area contributed by atoms with Crippen LogP contribution in [0, 0.1) is 0 Å². The van der Waals surface area contributed by atoms with Crippen LogP contribution in [0.3, 0.4) is 0 Å². The van der Waals surface area contributed by atoms with Crippen molar-refractivity contribution in [3.8, 4) is 5.75 Å². The van der Waals surface area contributed by atoms with Gasteiger partial charge in [0.15, 0.2) is 0 Å². The third-order valence-electron chi connectivity index (χ3n) is 4.83. The lowest BCUT2D eigenvalue weighted by atomic mass is 10.1. The Hall–Kier alpha value is -3.07. The molecule has 0 saturated carbocycles. The van der Waals surface area contributed by atoms with Crippen LogP contribution in [-0.4, -0.2) is 57.1 Å². The van der Waals surface area contributed by atoms with Gasteiger partial charge in [-0.25, -0.2) is 8.42 Å². The highest BCUT2D eigenvalue weighted by Gasteiger charge is 2.29. The van der Waals surface area contributed by atoms with E-state index in [9.17, 15) is 18.0 Å². The van der Waals surface area contributed by atoms with Crippen LogP contribution >= 0.6 is 0 Å². The fourth-order valence-corrected chi connectivity index (χ4v) is 4.02. The van der Waals surface area contributed by atoms with Gasteiger partial charge in [0.1, 0.15) is 18.3 Å². The zero-order valence-corrected chi connectivity index (χ0v) is 19.8. The highest BCUT2D eigenvalue weighted by atomic mass is 32.2. The second kappa shape index (κ2) is 11.5. The number of benzene rings is 2. The zero-order chi connectivity index (χ0) is 23.7. The molecule has 0 bridgehead atoms. The first-order valence-electron chi connectivity index (χ1n) is 10.5. The summed E-state index contributed by atoms with van der Waals surface area (Å²) < 4.78 is 31.5. The number of nitrogens with zero attached hydrogens (tertiary/aromatic N) is 2. The lowest BCUT2D eigenvalue weighted by molar-refractivity contribution is -0.139. The molecule has 1 N–H and O–H groups in total. The van der Waals surface area contributed by atoms with Crippen molar-refractivity contribution in [2.24, 2.45) is 0 Å². The van der Waals surface area contributed by atoms with Gasteiger partial charge in [0.05, 0.1) is 18.6 Å². The predicted molar refractivity (Wildman–Crippen MR) is 125 cm³/mol. The quantitative estimate of drug-likeness (QED) is 0.554. The minimum Gasteiger partial charge on any atom is -0.494 e. The smallest absolute Gasteiger partial charge is 0.244 e. The standard InChI is InChI=1S/C23H31N3O5S/c1-5-24-23(28)18(3)25(16-19-10-8-7-9-11-19)22(27)17-26(32(4,29)30)20-12-14-21(15-13-20)31-6-2/h7-15,18H,5-6,16-17H2,1-4H3,(H,24,28)/t18-/m0/s1. The zero-order valence-electron chi connectivity index (χ0n) is 18.9. The van der Waals surface area contributed by atoms with E-state index >= 15 is 0 Å². The summed E-state index contributed by atoms with van der Waals surface area (Å²) in [5.74, 6) is -0.178. The fourth-order valence-electron chi connectivity index (χ4n) is 3.17. The molecule has 2 rings (SSSR count). The average molecular weight is 462 g/mol. The molecule has 0 unspecified atom stereocenters. The summed E-state index contributed by atoms with van der Waals surface area (Å²) in [5.41, 5.74) is 1.18. The molecule has 0 spiro atoms. The van der Waals surface area contributed by atoms with Gasteiger partial charge in [0.2, 0.25) is 21.8 Å². The largest absolute Gasteiger partial charge is 0.494 e. The maximum atomic E-state index is 13.3. The van der Waals surface area contributed by atoms with E-state index in [-0.39, 0.29) is 12.5 Å². The normalized spacial score (nSPS) is 12.0. The Bertz CT molecular complexity index is 994. The van der Waals surface area contributed by atoms with Crippen LogP contribution in [0.2, 0.25) is 0 Å². The van der Waals surface area contributed by atoms with Gasteiger partial charge in [-0.1, -0.05) is 30.3 Å². The number of likely N-dealkylation sites (N-methyl/N-ethyl adjacent to an activating group) is 1. The number of hydrogen-bond donors (Lipinski definition) is 1. The first kappa shape index (κ1) is 25.2. The number of sulfonamides is 1. The van der Waals surface area contributed by atoms with Crippen LogP contribution in [0.1, 0.15) is 26.3 Å². The monoisotopic (exact) mass is 461 g/mol. The first-order chi connectivity index (χ1) is 15.2. The van der Waals surface area contributed by atoms with Crippen LogP contribution in [0.4, 0.5) is 5.69 Å². The number of carbonyl (C=O) groups excluding carboxylic acids is 2. The topological polar surface area (TPSA) is 96.0 Å². The van der Waals surface area contributed by atoms with Crippen molar-refractivity contribution < 1.29 is 22.7 Å². The molecule has 0 aliphatic rings. The molecule has 9 heteroatoms. The van der Waals surface area contributed by atoms with Crippen molar-refractivity contribution in [1.82, 2.24) is 10.2 Å². The molecule has 0 aliphatic heterocycles. The van der Waals surface area contributed by atoms with Crippen LogP contribution < -0.4 is 14.4 Å². The Labute approximate surface area is 190 Å². The van der Waals surface area contributed by atoms with E-state index in [1.54, 1.807) is 38.1 Å².